The average Bonchev–Trinajstić information content (AvgIpc) is 2.70. The van der Waals surface area contributed by atoms with Crippen molar-refractivity contribution >= 4 is 35.6 Å². The molecule has 5 unspecified atom stereocenters. The van der Waals surface area contributed by atoms with Gasteiger partial charge in [0.2, 0.25) is 17.7 Å². The summed E-state index contributed by atoms with van der Waals surface area (Å²) in [6.45, 7) is 6.65. The van der Waals surface area contributed by atoms with Crippen LogP contribution in [0.1, 0.15) is 53.4 Å². The van der Waals surface area contributed by atoms with E-state index in [1.54, 1.807) is 27.7 Å². The minimum atomic E-state index is -1.47. The molecular weight excluding hydrogens is 440 g/mol. The summed E-state index contributed by atoms with van der Waals surface area (Å²) in [5.41, 5.74) is 5.55. The summed E-state index contributed by atoms with van der Waals surface area (Å²) in [5, 5.41) is 33.9. The van der Waals surface area contributed by atoms with E-state index in [1.165, 1.54) is 0 Å². The first-order chi connectivity index (χ1) is 15.2. The Bertz CT molecular complexity index is 741. The molecular formula is C20H34N4O9. The van der Waals surface area contributed by atoms with Gasteiger partial charge in [-0.05, 0) is 18.3 Å². The molecule has 0 bridgehead atoms. The maximum Gasteiger partial charge on any atom is 0.326 e. The third-order valence-corrected chi connectivity index (χ3v) is 5.03. The molecule has 0 heterocycles. The number of carboxylic acids is 3. The lowest BCUT2D eigenvalue weighted by molar-refractivity contribution is -0.143. The van der Waals surface area contributed by atoms with E-state index < -0.39 is 84.5 Å². The van der Waals surface area contributed by atoms with Crippen LogP contribution in [0.25, 0.3) is 0 Å². The van der Waals surface area contributed by atoms with Crippen LogP contribution in [-0.4, -0.2) is 75.1 Å². The summed E-state index contributed by atoms with van der Waals surface area (Å²) in [7, 11) is 0. The van der Waals surface area contributed by atoms with E-state index in [0.717, 1.165) is 0 Å². The fourth-order valence-electron chi connectivity index (χ4n) is 2.81. The molecule has 13 heteroatoms. The normalized spacial score (nSPS) is 15.5. The molecule has 13 nitrogen and oxygen atoms in total. The van der Waals surface area contributed by atoms with Crippen molar-refractivity contribution in [3.63, 3.8) is 0 Å². The van der Waals surface area contributed by atoms with Crippen LogP contribution < -0.4 is 21.7 Å². The lowest BCUT2D eigenvalue weighted by atomic mass is 9.96. The molecule has 188 valence electrons. The fourth-order valence-corrected chi connectivity index (χ4v) is 2.81. The van der Waals surface area contributed by atoms with Crippen molar-refractivity contribution in [2.45, 2.75) is 77.5 Å². The van der Waals surface area contributed by atoms with Crippen molar-refractivity contribution in [3.8, 4) is 0 Å². The molecule has 5 atom stereocenters. The van der Waals surface area contributed by atoms with Crippen molar-refractivity contribution in [2.24, 2.45) is 17.6 Å². The molecule has 0 radical (unpaired) electrons. The third kappa shape index (κ3) is 10.8. The van der Waals surface area contributed by atoms with Gasteiger partial charge in [0.15, 0.2) is 0 Å². The topological polar surface area (TPSA) is 225 Å². The Hall–Kier alpha value is -3.22. The molecule has 0 aromatic heterocycles. The van der Waals surface area contributed by atoms with E-state index in [9.17, 15) is 33.9 Å². The Balaban J connectivity index is 5.48. The van der Waals surface area contributed by atoms with Crippen LogP contribution in [0.5, 0.6) is 0 Å². The SMILES string of the molecule is CCC(C)C(NC(=O)C(N)CC(=O)O)C(=O)NC(C(=O)NC(CCC(=O)O)C(=O)O)C(C)C. The second-order valence-corrected chi connectivity index (χ2v) is 8.14. The molecule has 0 aromatic carbocycles. The molecule has 0 rings (SSSR count). The minimum absolute atomic E-state index is 0.345. The summed E-state index contributed by atoms with van der Waals surface area (Å²) in [6.07, 6.45) is -0.997. The summed E-state index contributed by atoms with van der Waals surface area (Å²) >= 11 is 0. The van der Waals surface area contributed by atoms with Gasteiger partial charge in [-0.15, -0.1) is 0 Å². The average molecular weight is 475 g/mol. The molecule has 0 aromatic rings. The van der Waals surface area contributed by atoms with Crippen molar-refractivity contribution < 1.29 is 44.1 Å². The van der Waals surface area contributed by atoms with Gasteiger partial charge in [-0.2, -0.15) is 0 Å². The standard InChI is InChI=1S/C20H34N4O9/c1-5-10(4)16(24-17(29)11(21)8-14(27)28)19(31)23-15(9(2)3)18(30)22-12(20(32)33)6-7-13(25)26/h9-12,15-16H,5-8,21H2,1-4H3,(H,22,30)(H,23,31)(H,24,29)(H,25,26)(H,27,28)(H,32,33). The summed E-state index contributed by atoms with van der Waals surface area (Å²) in [4.78, 5) is 70.7. The first-order valence-electron chi connectivity index (χ1n) is 10.5. The van der Waals surface area contributed by atoms with E-state index in [-0.39, 0.29) is 6.42 Å². The number of hydrogen-bond acceptors (Lipinski definition) is 7. The smallest absolute Gasteiger partial charge is 0.326 e. The van der Waals surface area contributed by atoms with E-state index in [2.05, 4.69) is 16.0 Å². The number of nitrogens with two attached hydrogens (primary N) is 1. The van der Waals surface area contributed by atoms with E-state index >= 15 is 0 Å². The van der Waals surface area contributed by atoms with Crippen molar-refractivity contribution in [1.82, 2.24) is 16.0 Å². The highest BCUT2D eigenvalue weighted by Crippen LogP contribution is 2.11. The zero-order valence-electron chi connectivity index (χ0n) is 19.2. The van der Waals surface area contributed by atoms with Gasteiger partial charge in [-0.25, -0.2) is 4.79 Å². The number of aliphatic carboxylic acids is 3. The van der Waals surface area contributed by atoms with E-state index in [4.69, 9.17) is 15.9 Å². The second kappa shape index (κ2) is 14.0. The van der Waals surface area contributed by atoms with Crippen LogP contribution in [0.2, 0.25) is 0 Å². The van der Waals surface area contributed by atoms with Gasteiger partial charge in [0.25, 0.3) is 0 Å². The first kappa shape index (κ1) is 29.8. The van der Waals surface area contributed by atoms with Crippen LogP contribution >= 0.6 is 0 Å². The van der Waals surface area contributed by atoms with Gasteiger partial charge >= 0.3 is 17.9 Å². The van der Waals surface area contributed by atoms with Crippen LogP contribution in [0.3, 0.4) is 0 Å². The zero-order chi connectivity index (χ0) is 25.9. The first-order valence-corrected chi connectivity index (χ1v) is 10.5. The molecule has 0 saturated carbocycles. The van der Waals surface area contributed by atoms with Gasteiger partial charge in [-0.1, -0.05) is 34.1 Å². The Morgan fingerprint density at radius 3 is 1.73 bits per heavy atom. The molecule has 0 aliphatic rings. The monoisotopic (exact) mass is 474 g/mol. The second-order valence-electron chi connectivity index (χ2n) is 8.14. The molecule has 0 aliphatic heterocycles. The maximum absolute atomic E-state index is 12.9. The number of hydrogen-bond donors (Lipinski definition) is 7. The molecule has 0 fully saturated rings. The van der Waals surface area contributed by atoms with E-state index in [0.29, 0.717) is 6.42 Å². The van der Waals surface area contributed by atoms with Crippen molar-refractivity contribution in [1.29, 1.82) is 0 Å². The molecule has 3 amide bonds. The number of amides is 3. The van der Waals surface area contributed by atoms with Crippen LogP contribution in [0, 0.1) is 11.8 Å². The third-order valence-electron chi connectivity index (χ3n) is 5.03. The highest BCUT2D eigenvalue weighted by molar-refractivity contribution is 5.95. The van der Waals surface area contributed by atoms with Crippen molar-refractivity contribution in [2.75, 3.05) is 0 Å². The Morgan fingerprint density at radius 1 is 0.788 bits per heavy atom. The maximum atomic E-state index is 12.9. The number of carbonyl (C=O) groups excluding carboxylic acids is 3. The Morgan fingerprint density at radius 2 is 1.30 bits per heavy atom. The summed E-state index contributed by atoms with van der Waals surface area (Å²) < 4.78 is 0. The van der Waals surface area contributed by atoms with Gasteiger partial charge in [0.1, 0.15) is 18.1 Å². The Kier molecular flexibility index (Phi) is 12.7. The van der Waals surface area contributed by atoms with Gasteiger partial charge in [0.05, 0.1) is 12.5 Å². The fraction of sp³-hybridized carbons (Fsp3) is 0.700. The lowest BCUT2D eigenvalue weighted by Crippen LogP contribution is -2.59. The summed E-state index contributed by atoms with van der Waals surface area (Å²) in [6, 6.07) is -5.15. The molecule has 8 N–H and O–H groups in total. The lowest BCUT2D eigenvalue weighted by Gasteiger charge is -2.29. The molecule has 33 heavy (non-hydrogen) atoms. The number of nitrogens with one attached hydrogen (secondary N) is 3. The van der Waals surface area contributed by atoms with E-state index in [1.807, 2.05) is 0 Å². The van der Waals surface area contributed by atoms with Gasteiger partial charge in [-0.3, -0.25) is 24.0 Å². The van der Waals surface area contributed by atoms with Crippen LogP contribution in [0.15, 0.2) is 0 Å². The Labute approximate surface area is 191 Å². The highest BCUT2D eigenvalue weighted by Gasteiger charge is 2.34. The van der Waals surface area contributed by atoms with Crippen molar-refractivity contribution in [3.05, 3.63) is 0 Å². The number of carbonyl (C=O) groups is 6. The van der Waals surface area contributed by atoms with Crippen LogP contribution in [-0.2, 0) is 28.8 Å². The minimum Gasteiger partial charge on any atom is -0.481 e. The number of rotatable bonds is 15. The predicted octanol–water partition coefficient (Wildman–Crippen LogP) is -1.11. The predicted molar refractivity (Wildman–Crippen MR) is 115 cm³/mol. The molecule has 0 aliphatic carbocycles. The zero-order valence-corrected chi connectivity index (χ0v) is 19.2. The molecule has 0 spiro atoms. The summed E-state index contributed by atoms with van der Waals surface area (Å²) in [5.74, 6) is -7.21. The number of carboxylic acid groups (broad SMARTS) is 3. The molecule has 0 saturated heterocycles. The van der Waals surface area contributed by atoms with Gasteiger partial charge < -0.3 is 37.0 Å². The van der Waals surface area contributed by atoms with Gasteiger partial charge in [0, 0.05) is 6.42 Å². The quantitative estimate of drug-likeness (QED) is 0.151. The largest absolute Gasteiger partial charge is 0.481 e. The van der Waals surface area contributed by atoms with Crippen LogP contribution in [0.4, 0.5) is 0 Å². The highest BCUT2D eigenvalue weighted by atomic mass is 16.4.